The monoisotopic (exact) mass is 241 g/mol. The Labute approximate surface area is 98.4 Å². The number of carbonyl (C=O) groups excluding carboxylic acids is 1. The average molecular weight is 242 g/mol. The lowest BCUT2D eigenvalue weighted by Crippen LogP contribution is -2.33. The molecule has 5 heteroatoms. The van der Waals surface area contributed by atoms with Gasteiger partial charge >= 0.3 is 0 Å². The number of halogens is 1. The van der Waals surface area contributed by atoms with Crippen molar-refractivity contribution < 1.29 is 14.6 Å². The van der Waals surface area contributed by atoms with Crippen molar-refractivity contribution in [2.75, 3.05) is 19.0 Å². The standard InChI is InChI=1S/C11H12ClNO3/c12-6-11(15)13-3-4-16-10-5-9(14)2-1-8(10)7-13/h1-2,5,14H,3-4,6-7H2. The number of aromatic hydroxyl groups is 1. The zero-order valence-electron chi connectivity index (χ0n) is 8.65. The number of fused-ring (bicyclic) bond motifs is 1. The Kier molecular flexibility index (Phi) is 3.19. The van der Waals surface area contributed by atoms with Crippen LogP contribution in [-0.4, -0.2) is 34.9 Å². The molecule has 0 saturated carbocycles. The highest BCUT2D eigenvalue weighted by molar-refractivity contribution is 6.27. The third-order valence-electron chi connectivity index (χ3n) is 2.50. The van der Waals surface area contributed by atoms with E-state index in [-0.39, 0.29) is 17.5 Å². The number of amides is 1. The van der Waals surface area contributed by atoms with Crippen molar-refractivity contribution >= 4 is 17.5 Å². The summed E-state index contributed by atoms with van der Waals surface area (Å²) < 4.78 is 5.46. The second-order valence-electron chi connectivity index (χ2n) is 3.59. The minimum Gasteiger partial charge on any atom is -0.508 e. The second-order valence-corrected chi connectivity index (χ2v) is 3.86. The Morgan fingerprint density at radius 2 is 2.38 bits per heavy atom. The minimum absolute atomic E-state index is 0.0204. The number of phenols is 1. The number of phenolic OH excluding ortho intramolecular Hbond substituents is 1. The SMILES string of the molecule is O=C(CCl)N1CCOc2cc(O)ccc2C1. The summed E-state index contributed by atoms with van der Waals surface area (Å²) in [5.41, 5.74) is 0.883. The summed E-state index contributed by atoms with van der Waals surface area (Å²) >= 11 is 5.52. The Hall–Kier alpha value is -1.42. The summed E-state index contributed by atoms with van der Waals surface area (Å²) in [6, 6.07) is 4.89. The highest BCUT2D eigenvalue weighted by Crippen LogP contribution is 2.27. The molecular formula is C11H12ClNO3. The van der Waals surface area contributed by atoms with Crippen LogP contribution < -0.4 is 4.74 Å². The lowest BCUT2D eigenvalue weighted by Gasteiger charge is -2.18. The van der Waals surface area contributed by atoms with E-state index < -0.39 is 0 Å². The summed E-state index contributed by atoms with van der Waals surface area (Å²) in [4.78, 5) is 13.1. The molecule has 1 aromatic carbocycles. The van der Waals surface area contributed by atoms with Crippen molar-refractivity contribution in [2.45, 2.75) is 6.54 Å². The fourth-order valence-electron chi connectivity index (χ4n) is 1.66. The third-order valence-corrected chi connectivity index (χ3v) is 2.73. The lowest BCUT2D eigenvalue weighted by atomic mass is 10.2. The van der Waals surface area contributed by atoms with Crippen LogP contribution >= 0.6 is 11.6 Å². The molecule has 4 nitrogen and oxygen atoms in total. The highest BCUT2D eigenvalue weighted by atomic mass is 35.5. The van der Waals surface area contributed by atoms with Crippen LogP contribution in [0, 0.1) is 0 Å². The Morgan fingerprint density at radius 3 is 3.12 bits per heavy atom. The molecule has 86 valence electrons. The first kappa shape index (κ1) is 11.1. The molecule has 0 fully saturated rings. The Bertz CT molecular complexity index is 408. The first-order valence-corrected chi connectivity index (χ1v) is 5.52. The molecule has 0 bridgehead atoms. The lowest BCUT2D eigenvalue weighted by molar-refractivity contribution is -0.129. The normalized spacial score (nSPS) is 14.9. The molecule has 1 aliphatic heterocycles. The zero-order valence-corrected chi connectivity index (χ0v) is 9.41. The summed E-state index contributed by atoms with van der Waals surface area (Å²) in [6.45, 7) is 1.40. The molecule has 0 spiro atoms. The van der Waals surface area contributed by atoms with Gasteiger partial charge in [-0.1, -0.05) is 0 Å². The number of carbonyl (C=O) groups is 1. The van der Waals surface area contributed by atoms with Crippen molar-refractivity contribution in [3.8, 4) is 11.5 Å². The van der Waals surface area contributed by atoms with Crippen molar-refractivity contribution in [1.29, 1.82) is 0 Å². The maximum Gasteiger partial charge on any atom is 0.237 e. The first-order valence-electron chi connectivity index (χ1n) is 4.99. The van der Waals surface area contributed by atoms with Crippen LogP contribution in [0.4, 0.5) is 0 Å². The van der Waals surface area contributed by atoms with Crippen LogP contribution in [0.1, 0.15) is 5.56 Å². The number of hydrogen-bond acceptors (Lipinski definition) is 3. The quantitative estimate of drug-likeness (QED) is 0.756. The van der Waals surface area contributed by atoms with E-state index in [1.54, 1.807) is 23.1 Å². The van der Waals surface area contributed by atoms with Crippen LogP contribution in [0.15, 0.2) is 18.2 Å². The average Bonchev–Trinajstić information content (AvgIpc) is 2.49. The fourth-order valence-corrected chi connectivity index (χ4v) is 1.83. The molecule has 0 radical (unpaired) electrons. The van der Waals surface area contributed by atoms with Gasteiger partial charge < -0.3 is 14.7 Å². The van der Waals surface area contributed by atoms with Crippen molar-refractivity contribution in [2.24, 2.45) is 0 Å². The molecule has 1 aliphatic rings. The van der Waals surface area contributed by atoms with Gasteiger partial charge in [0.05, 0.1) is 6.54 Å². The predicted molar refractivity (Wildman–Crippen MR) is 59.7 cm³/mol. The van der Waals surface area contributed by atoms with Gasteiger partial charge in [0, 0.05) is 18.2 Å². The molecule has 0 aromatic heterocycles. The van der Waals surface area contributed by atoms with Crippen molar-refractivity contribution in [1.82, 2.24) is 4.90 Å². The third kappa shape index (κ3) is 2.22. The number of ether oxygens (including phenoxy) is 1. The highest BCUT2D eigenvalue weighted by Gasteiger charge is 2.19. The minimum atomic E-state index is -0.105. The van der Waals surface area contributed by atoms with Crippen LogP contribution in [0.25, 0.3) is 0 Å². The van der Waals surface area contributed by atoms with Gasteiger partial charge in [-0.25, -0.2) is 0 Å². The summed E-state index contributed by atoms with van der Waals surface area (Å²) in [6.07, 6.45) is 0. The molecule has 1 amide bonds. The van der Waals surface area contributed by atoms with E-state index in [0.717, 1.165) is 5.56 Å². The predicted octanol–water partition coefficient (Wildman–Crippen LogP) is 1.35. The van der Waals surface area contributed by atoms with E-state index in [1.165, 1.54) is 0 Å². The van der Waals surface area contributed by atoms with Crippen LogP contribution in [-0.2, 0) is 11.3 Å². The number of nitrogens with zero attached hydrogens (tertiary/aromatic N) is 1. The van der Waals surface area contributed by atoms with Gasteiger partial charge in [0.25, 0.3) is 0 Å². The smallest absolute Gasteiger partial charge is 0.237 e. The van der Waals surface area contributed by atoms with Crippen molar-refractivity contribution in [3.05, 3.63) is 23.8 Å². The van der Waals surface area contributed by atoms with E-state index in [2.05, 4.69) is 0 Å². The summed E-state index contributed by atoms with van der Waals surface area (Å²) in [5, 5.41) is 9.32. The molecule has 0 aliphatic carbocycles. The molecule has 0 unspecified atom stereocenters. The summed E-state index contributed by atoms with van der Waals surface area (Å²) in [5.74, 6) is 0.667. The molecule has 1 N–H and O–H groups in total. The first-order chi connectivity index (χ1) is 7.70. The second kappa shape index (κ2) is 4.61. The van der Waals surface area contributed by atoms with Gasteiger partial charge in [-0.2, -0.15) is 0 Å². The molecule has 1 heterocycles. The number of rotatable bonds is 1. The van der Waals surface area contributed by atoms with Crippen LogP contribution in [0.5, 0.6) is 11.5 Å². The maximum atomic E-state index is 11.5. The number of alkyl halides is 1. The van der Waals surface area contributed by atoms with Gasteiger partial charge in [0.1, 0.15) is 24.0 Å². The Balaban J connectivity index is 2.24. The van der Waals surface area contributed by atoms with Crippen LogP contribution in [0.2, 0.25) is 0 Å². The van der Waals surface area contributed by atoms with E-state index in [9.17, 15) is 9.90 Å². The zero-order chi connectivity index (χ0) is 11.5. The Morgan fingerprint density at radius 1 is 1.56 bits per heavy atom. The van der Waals surface area contributed by atoms with Gasteiger partial charge in [-0.05, 0) is 12.1 Å². The van der Waals surface area contributed by atoms with E-state index in [0.29, 0.717) is 25.4 Å². The number of benzene rings is 1. The van der Waals surface area contributed by atoms with E-state index in [1.807, 2.05) is 0 Å². The van der Waals surface area contributed by atoms with E-state index in [4.69, 9.17) is 16.3 Å². The topological polar surface area (TPSA) is 49.8 Å². The molecule has 2 rings (SSSR count). The van der Waals surface area contributed by atoms with Gasteiger partial charge in [-0.15, -0.1) is 11.6 Å². The summed E-state index contributed by atoms with van der Waals surface area (Å²) in [7, 11) is 0. The molecule has 1 aromatic rings. The van der Waals surface area contributed by atoms with E-state index >= 15 is 0 Å². The van der Waals surface area contributed by atoms with Crippen LogP contribution in [0.3, 0.4) is 0 Å². The number of hydrogen-bond donors (Lipinski definition) is 1. The molecule has 16 heavy (non-hydrogen) atoms. The molecule has 0 saturated heterocycles. The fraction of sp³-hybridized carbons (Fsp3) is 0.364. The molecule has 0 atom stereocenters. The maximum absolute atomic E-state index is 11.5. The van der Waals surface area contributed by atoms with Gasteiger partial charge in [0.15, 0.2) is 0 Å². The molecular weight excluding hydrogens is 230 g/mol. The largest absolute Gasteiger partial charge is 0.508 e. The van der Waals surface area contributed by atoms with Gasteiger partial charge in [0.2, 0.25) is 5.91 Å². The van der Waals surface area contributed by atoms with Gasteiger partial charge in [-0.3, -0.25) is 4.79 Å². The van der Waals surface area contributed by atoms with Crippen molar-refractivity contribution in [3.63, 3.8) is 0 Å².